The van der Waals surface area contributed by atoms with Crippen LogP contribution < -0.4 is 16.0 Å². The van der Waals surface area contributed by atoms with E-state index in [-0.39, 0.29) is 12.5 Å². The molecule has 0 aliphatic rings. The van der Waals surface area contributed by atoms with Crippen LogP contribution in [-0.4, -0.2) is 36.0 Å². The maximum Gasteiger partial charge on any atom is 0.239 e. The molecule has 0 bridgehead atoms. The van der Waals surface area contributed by atoms with Gasteiger partial charge in [0.15, 0.2) is 0 Å². The number of nitrogens with one attached hydrogen (secondary N) is 3. The molecule has 0 aliphatic carbocycles. The molecule has 0 spiro atoms. The molecule has 0 saturated heterocycles. The third kappa shape index (κ3) is 4.48. The third-order valence-electron chi connectivity index (χ3n) is 2.15. The quantitative estimate of drug-likeness (QED) is 0.741. The van der Waals surface area contributed by atoms with E-state index in [0.717, 1.165) is 0 Å². The van der Waals surface area contributed by atoms with Gasteiger partial charge in [-0.25, -0.2) is 9.97 Å². The predicted octanol–water partition coefficient (Wildman–Crippen LogP) is 1.46. The number of nitrogens with zero attached hydrogens (tertiary/aromatic N) is 2. The molecule has 1 amide bonds. The highest BCUT2D eigenvalue weighted by Crippen LogP contribution is 2.25. The number of carbonyl (C=O) groups is 1. The Hall–Kier alpha value is -1.37. The molecular weight excluding hydrogens is 298 g/mol. The lowest BCUT2D eigenvalue weighted by atomic mass is 10.2. The van der Waals surface area contributed by atoms with Gasteiger partial charge in [-0.05, 0) is 21.8 Å². The summed E-state index contributed by atoms with van der Waals surface area (Å²) in [4.78, 5) is 19.6. The Balaban J connectivity index is 2.51. The van der Waals surface area contributed by atoms with Crippen LogP contribution >= 0.6 is 15.9 Å². The first-order chi connectivity index (χ1) is 8.54. The zero-order valence-corrected chi connectivity index (χ0v) is 12.3. The summed E-state index contributed by atoms with van der Waals surface area (Å²) in [5.74, 6) is 1.65. The van der Waals surface area contributed by atoms with Crippen LogP contribution in [-0.2, 0) is 4.79 Å². The zero-order chi connectivity index (χ0) is 13.5. The Morgan fingerprint density at radius 1 is 1.39 bits per heavy atom. The molecule has 0 unspecified atom stereocenters. The maximum absolute atomic E-state index is 11.5. The molecule has 0 saturated carbocycles. The van der Waals surface area contributed by atoms with E-state index in [1.807, 2.05) is 13.8 Å². The van der Waals surface area contributed by atoms with E-state index in [1.54, 1.807) is 7.05 Å². The van der Waals surface area contributed by atoms with Gasteiger partial charge in [0.05, 0.1) is 6.54 Å². The highest BCUT2D eigenvalue weighted by molar-refractivity contribution is 9.10. The molecule has 0 fully saturated rings. The van der Waals surface area contributed by atoms with Gasteiger partial charge in [0.25, 0.3) is 0 Å². The number of hydrogen-bond acceptors (Lipinski definition) is 5. The second kappa shape index (κ2) is 7.15. The third-order valence-corrected chi connectivity index (χ3v) is 2.90. The molecule has 0 radical (unpaired) electrons. The number of anilines is 2. The summed E-state index contributed by atoms with van der Waals surface area (Å²) in [6, 6.07) is 0. The van der Waals surface area contributed by atoms with Crippen molar-refractivity contribution < 1.29 is 4.79 Å². The number of aromatic nitrogens is 2. The molecule has 3 N–H and O–H groups in total. The van der Waals surface area contributed by atoms with Crippen molar-refractivity contribution in [3.05, 3.63) is 10.8 Å². The monoisotopic (exact) mass is 315 g/mol. The normalized spacial score (nSPS) is 10.3. The first-order valence-electron chi connectivity index (χ1n) is 5.73. The Bertz CT molecular complexity index is 410. The molecule has 0 aliphatic heterocycles. The minimum absolute atomic E-state index is 0.0554. The Kier molecular flexibility index (Phi) is 5.84. The van der Waals surface area contributed by atoms with E-state index < -0.39 is 0 Å². The van der Waals surface area contributed by atoms with E-state index in [2.05, 4.69) is 41.8 Å². The standard InChI is InChI=1S/C11H18BrN5O/c1-7(2)4-14-8(18)5-15-11-9(12)10(13-3)16-6-17-11/h6-7H,4-5H2,1-3H3,(H,14,18)(H2,13,15,16,17). The van der Waals surface area contributed by atoms with Gasteiger partial charge >= 0.3 is 0 Å². The Labute approximate surface area is 115 Å². The van der Waals surface area contributed by atoms with Crippen LogP contribution in [0.15, 0.2) is 10.8 Å². The van der Waals surface area contributed by atoms with Crippen molar-refractivity contribution in [3.8, 4) is 0 Å². The van der Waals surface area contributed by atoms with Gasteiger partial charge < -0.3 is 16.0 Å². The summed E-state index contributed by atoms with van der Waals surface area (Å²) in [6.45, 7) is 4.96. The van der Waals surface area contributed by atoms with E-state index in [4.69, 9.17) is 0 Å². The zero-order valence-electron chi connectivity index (χ0n) is 10.7. The first-order valence-corrected chi connectivity index (χ1v) is 6.52. The highest BCUT2D eigenvalue weighted by Gasteiger charge is 2.08. The van der Waals surface area contributed by atoms with Crippen LogP contribution in [0.25, 0.3) is 0 Å². The molecule has 1 rings (SSSR count). The van der Waals surface area contributed by atoms with Crippen molar-refractivity contribution in [2.45, 2.75) is 13.8 Å². The lowest BCUT2D eigenvalue weighted by molar-refractivity contribution is -0.119. The van der Waals surface area contributed by atoms with Crippen molar-refractivity contribution in [2.24, 2.45) is 5.92 Å². The van der Waals surface area contributed by atoms with Crippen molar-refractivity contribution in [2.75, 3.05) is 30.8 Å². The number of hydrogen-bond donors (Lipinski definition) is 3. The summed E-state index contributed by atoms with van der Waals surface area (Å²) >= 11 is 3.37. The van der Waals surface area contributed by atoms with Crippen molar-refractivity contribution in [1.29, 1.82) is 0 Å². The van der Waals surface area contributed by atoms with Gasteiger partial charge in [0.1, 0.15) is 22.4 Å². The number of carbonyl (C=O) groups excluding carboxylic acids is 1. The van der Waals surface area contributed by atoms with Gasteiger partial charge in [0, 0.05) is 13.6 Å². The molecule has 1 aromatic heterocycles. The van der Waals surface area contributed by atoms with Gasteiger partial charge in [-0.15, -0.1) is 0 Å². The summed E-state index contributed by atoms with van der Waals surface area (Å²) < 4.78 is 0.712. The average molecular weight is 316 g/mol. The smallest absolute Gasteiger partial charge is 0.239 e. The van der Waals surface area contributed by atoms with Crippen molar-refractivity contribution in [3.63, 3.8) is 0 Å². The fraction of sp³-hybridized carbons (Fsp3) is 0.545. The van der Waals surface area contributed by atoms with Crippen LogP contribution in [0.1, 0.15) is 13.8 Å². The lowest BCUT2D eigenvalue weighted by Crippen LogP contribution is -2.32. The summed E-state index contributed by atoms with van der Waals surface area (Å²) in [6.07, 6.45) is 1.44. The topological polar surface area (TPSA) is 78.9 Å². The van der Waals surface area contributed by atoms with Crippen LogP contribution in [0.5, 0.6) is 0 Å². The summed E-state index contributed by atoms with van der Waals surface area (Å²) in [5, 5.41) is 8.71. The molecular formula is C11H18BrN5O. The molecule has 1 heterocycles. The molecule has 0 atom stereocenters. The van der Waals surface area contributed by atoms with Gasteiger partial charge in [-0.1, -0.05) is 13.8 Å². The second-order valence-corrected chi connectivity index (χ2v) is 4.98. The Morgan fingerprint density at radius 2 is 2.06 bits per heavy atom. The highest BCUT2D eigenvalue weighted by atomic mass is 79.9. The molecule has 18 heavy (non-hydrogen) atoms. The van der Waals surface area contributed by atoms with Crippen LogP contribution in [0.4, 0.5) is 11.6 Å². The van der Waals surface area contributed by atoms with Gasteiger partial charge in [-0.3, -0.25) is 4.79 Å². The molecule has 0 aromatic carbocycles. The molecule has 1 aromatic rings. The van der Waals surface area contributed by atoms with E-state index in [0.29, 0.717) is 28.6 Å². The van der Waals surface area contributed by atoms with E-state index in [1.165, 1.54) is 6.33 Å². The van der Waals surface area contributed by atoms with Gasteiger partial charge in [-0.2, -0.15) is 0 Å². The van der Waals surface area contributed by atoms with E-state index in [9.17, 15) is 4.79 Å². The fourth-order valence-electron chi connectivity index (χ4n) is 1.21. The van der Waals surface area contributed by atoms with E-state index >= 15 is 0 Å². The van der Waals surface area contributed by atoms with Crippen LogP contribution in [0.3, 0.4) is 0 Å². The predicted molar refractivity (Wildman–Crippen MR) is 75.6 cm³/mol. The van der Waals surface area contributed by atoms with Gasteiger partial charge in [0.2, 0.25) is 5.91 Å². The number of amides is 1. The Morgan fingerprint density at radius 3 is 2.67 bits per heavy atom. The lowest BCUT2D eigenvalue weighted by Gasteiger charge is -2.11. The summed E-state index contributed by atoms with van der Waals surface area (Å²) in [7, 11) is 1.77. The largest absolute Gasteiger partial charge is 0.372 e. The molecule has 6 nitrogen and oxygen atoms in total. The average Bonchev–Trinajstić information content (AvgIpc) is 2.35. The molecule has 100 valence electrons. The summed E-state index contributed by atoms with van der Waals surface area (Å²) in [5.41, 5.74) is 0. The number of halogens is 1. The molecule has 7 heteroatoms. The number of rotatable bonds is 6. The maximum atomic E-state index is 11.5. The van der Waals surface area contributed by atoms with Crippen LogP contribution in [0, 0.1) is 5.92 Å². The fourth-order valence-corrected chi connectivity index (χ4v) is 1.76. The minimum atomic E-state index is -0.0554. The van der Waals surface area contributed by atoms with Crippen molar-refractivity contribution in [1.82, 2.24) is 15.3 Å². The second-order valence-electron chi connectivity index (χ2n) is 4.19. The van der Waals surface area contributed by atoms with Crippen LogP contribution in [0.2, 0.25) is 0 Å². The SMILES string of the molecule is CNc1ncnc(NCC(=O)NCC(C)C)c1Br. The van der Waals surface area contributed by atoms with Crippen molar-refractivity contribution >= 4 is 33.5 Å². The minimum Gasteiger partial charge on any atom is -0.372 e. The first kappa shape index (κ1) is 14.7.